The van der Waals surface area contributed by atoms with Gasteiger partial charge in [0.1, 0.15) is 5.82 Å². The molecule has 0 aromatic carbocycles. The van der Waals surface area contributed by atoms with Crippen LogP contribution in [-0.4, -0.2) is 86.5 Å². The summed E-state index contributed by atoms with van der Waals surface area (Å²) in [5, 5.41) is 12.6. The molecule has 0 bridgehead atoms. The molecule has 4 N–H and O–H groups in total. The van der Waals surface area contributed by atoms with Crippen LogP contribution in [0.1, 0.15) is 19.3 Å². The van der Waals surface area contributed by atoms with Crippen LogP contribution in [0.15, 0.2) is 30.6 Å². The van der Waals surface area contributed by atoms with Gasteiger partial charge in [-0.15, -0.1) is 11.6 Å². The molecule has 3 heterocycles. The average molecular weight is 460 g/mol. The summed E-state index contributed by atoms with van der Waals surface area (Å²) in [4.78, 5) is 28.5. The molecule has 3 unspecified atom stereocenters. The van der Waals surface area contributed by atoms with Crippen molar-refractivity contribution in [2.75, 3.05) is 50.3 Å². The second-order valence-electron chi connectivity index (χ2n) is 8.72. The Morgan fingerprint density at radius 1 is 1.12 bits per heavy atom. The van der Waals surface area contributed by atoms with Crippen molar-refractivity contribution in [2.45, 2.75) is 30.7 Å². The van der Waals surface area contributed by atoms with Gasteiger partial charge in [-0.1, -0.05) is 0 Å². The van der Waals surface area contributed by atoms with Gasteiger partial charge >= 0.3 is 5.97 Å². The molecule has 0 spiro atoms. The molecule has 10 heteroatoms. The minimum Gasteiger partial charge on any atom is -0.480 e. The summed E-state index contributed by atoms with van der Waals surface area (Å²) in [6.07, 6.45) is 6.34. The zero-order valence-electron chi connectivity index (χ0n) is 18.0. The van der Waals surface area contributed by atoms with E-state index in [1.807, 2.05) is 17.0 Å². The molecule has 9 nitrogen and oxygen atoms in total. The maximum Gasteiger partial charge on any atom is 0.317 e. The van der Waals surface area contributed by atoms with Gasteiger partial charge in [-0.3, -0.25) is 9.69 Å². The molecule has 4 rings (SSSR count). The number of hydrogen-bond acceptors (Lipinski definition) is 8. The van der Waals surface area contributed by atoms with Crippen molar-refractivity contribution in [1.29, 1.82) is 0 Å². The van der Waals surface area contributed by atoms with Crippen LogP contribution >= 0.6 is 11.6 Å². The predicted molar refractivity (Wildman–Crippen MR) is 125 cm³/mol. The number of anilines is 2. The molecule has 1 aliphatic heterocycles. The number of carbonyl (C=O) groups is 1. The fraction of sp³-hybridized carbons (Fsp3) is 0.545. The Morgan fingerprint density at radius 2 is 1.91 bits per heavy atom. The SMILES string of the molecule is Nc1ccc(-c2ccnc(NC3CC(Cl)CC(CN4CCN(CC(=O)O)CC4)C3)n2)cn1. The van der Waals surface area contributed by atoms with E-state index in [1.165, 1.54) is 0 Å². The third-order valence-electron chi connectivity index (χ3n) is 6.16. The molecule has 32 heavy (non-hydrogen) atoms. The summed E-state index contributed by atoms with van der Waals surface area (Å²) in [6.45, 7) is 4.50. The number of carboxylic acids is 1. The summed E-state index contributed by atoms with van der Waals surface area (Å²) in [5.41, 5.74) is 7.37. The molecule has 2 aromatic rings. The first-order chi connectivity index (χ1) is 15.4. The van der Waals surface area contributed by atoms with Crippen LogP contribution in [-0.2, 0) is 4.79 Å². The Kier molecular flexibility index (Phi) is 7.39. The highest BCUT2D eigenvalue weighted by Gasteiger charge is 2.30. The lowest BCUT2D eigenvalue weighted by Crippen LogP contribution is -2.50. The molecule has 1 saturated heterocycles. The van der Waals surface area contributed by atoms with E-state index < -0.39 is 5.97 Å². The van der Waals surface area contributed by atoms with Gasteiger partial charge in [0.25, 0.3) is 0 Å². The fourth-order valence-electron chi connectivity index (χ4n) is 4.64. The van der Waals surface area contributed by atoms with Gasteiger partial charge in [-0.05, 0) is 43.4 Å². The molecule has 0 amide bonds. The predicted octanol–water partition coefficient (Wildman–Crippen LogP) is 2.01. The van der Waals surface area contributed by atoms with Crippen molar-refractivity contribution in [3.05, 3.63) is 30.6 Å². The standard InChI is InChI=1S/C22H30ClN7O2/c23-17-9-15(13-29-5-7-30(8-6-29)14-21(31)32)10-18(11-17)27-22-25-4-3-19(28-22)16-1-2-20(24)26-12-16/h1-4,12,15,17-18H,5-11,13-14H2,(H2,24,26)(H,31,32)(H,25,27,28). The van der Waals surface area contributed by atoms with Crippen LogP contribution in [0, 0.1) is 5.92 Å². The van der Waals surface area contributed by atoms with E-state index in [-0.39, 0.29) is 18.0 Å². The molecular formula is C22H30ClN7O2. The Bertz CT molecular complexity index is 905. The highest BCUT2D eigenvalue weighted by atomic mass is 35.5. The minimum atomic E-state index is -0.761. The Hall–Kier alpha value is -2.49. The van der Waals surface area contributed by atoms with E-state index >= 15 is 0 Å². The minimum absolute atomic E-state index is 0.115. The Balaban J connectivity index is 1.32. The normalized spacial score (nSPS) is 24.8. The van der Waals surface area contributed by atoms with E-state index in [4.69, 9.17) is 22.4 Å². The van der Waals surface area contributed by atoms with Crippen molar-refractivity contribution in [3.8, 4) is 11.3 Å². The topological polar surface area (TPSA) is 121 Å². The number of aliphatic carboxylic acids is 1. The number of halogens is 1. The first-order valence-electron chi connectivity index (χ1n) is 11.1. The van der Waals surface area contributed by atoms with E-state index in [0.717, 1.165) is 63.2 Å². The third kappa shape index (κ3) is 6.27. The highest BCUT2D eigenvalue weighted by molar-refractivity contribution is 6.20. The Morgan fingerprint density at radius 3 is 2.62 bits per heavy atom. The highest BCUT2D eigenvalue weighted by Crippen LogP contribution is 2.31. The van der Waals surface area contributed by atoms with Gasteiger partial charge in [0.15, 0.2) is 0 Å². The number of nitrogens with zero attached hydrogens (tertiary/aromatic N) is 5. The molecular weight excluding hydrogens is 430 g/mol. The monoisotopic (exact) mass is 459 g/mol. The number of nitrogens with two attached hydrogens (primary N) is 1. The largest absolute Gasteiger partial charge is 0.480 e. The molecule has 1 saturated carbocycles. The molecule has 0 radical (unpaired) electrons. The number of carboxylic acid groups (broad SMARTS) is 1. The van der Waals surface area contributed by atoms with Gasteiger partial charge in [0.2, 0.25) is 5.95 Å². The summed E-state index contributed by atoms with van der Waals surface area (Å²) >= 11 is 6.62. The summed E-state index contributed by atoms with van der Waals surface area (Å²) in [7, 11) is 0. The zero-order chi connectivity index (χ0) is 22.5. The number of pyridine rings is 1. The molecule has 2 aromatic heterocycles. The van der Waals surface area contributed by atoms with Crippen LogP contribution < -0.4 is 11.1 Å². The van der Waals surface area contributed by atoms with Gasteiger partial charge in [-0.25, -0.2) is 15.0 Å². The van der Waals surface area contributed by atoms with E-state index in [2.05, 4.69) is 25.2 Å². The summed E-state index contributed by atoms with van der Waals surface area (Å²) in [6, 6.07) is 5.73. The quantitative estimate of drug-likeness (QED) is 0.534. The summed E-state index contributed by atoms with van der Waals surface area (Å²) in [5.74, 6) is 0.796. The lowest BCUT2D eigenvalue weighted by atomic mass is 9.85. The van der Waals surface area contributed by atoms with Crippen molar-refractivity contribution in [3.63, 3.8) is 0 Å². The smallest absolute Gasteiger partial charge is 0.317 e. The first-order valence-corrected chi connectivity index (χ1v) is 11.5. The second kappa shape index (κ2) is 10.4. The second-order valence-corrected chi connectivity index (χ2v) is 9.34. The number of rotatable bonds is 7. The maximum atomic E-state index is 10.9. The van der Waals surface area contributed by atoms with Crippen molar-refractivity contribution in [1.82, 2.24) is 24.8 Å². The number of hydrogen-bond donors (Lipinski definition) is 3. The molecule has 1 aliphatic carbocycles. The van der Waals surface area contributed by atoms with Crippen LogP contribution in [0.2, 0.25) is 0 Å². The number of nitrogens with one attached hydrogen (secondary N) is 1. The van der Waals surface area contributed by atoms with Crippen molar-refractivity contribution < 1.29 is 9.90 Å². The van der Waals surface area contributed by atoms with Crippen LogP contribution in [0.5, 0.6) is 0 Å². The zero-order valence-corrected chi connectivity index (χ0v) is 18.8. The first kappa shape index (κ1) is 22.7. The van der Waals surface area contributed by atoms with Gasteiger partial charge in [-0.2, -0.15) is 0 Å². The van der Waals surface area contributed by atoms with Crippen molar-refractivity contribution >= 4 is 29.3 Å². The van der Waals surface area contributed by atoms with Crippen LogP contribution in [0.4, 0.5) is 11.8 Å². The number of piperazine rings is 1. The molecule has 2 fully saturated rings. The van der Waals surface area contributed by atoms with Crippen LogP contribution in [0.25, 0.3) is 11.3 Å². The van der Waals surface area contributed by atoms with E-state index in [0.29, 0.717) is 17.7 Å². The van der Waals surface area contributed by atoms with E-state index in [9.17, 15) is 4.79 Å². The fourth-order valence-corrected chi connectivity index (χ4v) is 5.11. The number of aromatic nitrogens is 3. The molecule has 3 atom stereocenters. The third-order valence-corrected chi connectivity index (χ3v) is 6.51. The van der Waals surface area contributed by atoms with Gasteiger partial charge in [0.05, 0.1) is 12.2 Å². The number of nitrogen functional groups attached to an aromatic ring is 1. The molecule has 2 aliphatic rings. The maximum absolute atomic E-state index is 10.9. The lowest BCUT2D eigenvalue weighted by Gasteiger charge is -2.39. The molecule has 172 valence electrons. The van der Waals surface area contributed by atoms with Gasteiger partial charge in [0, 0.05) is 62.1 Å². The van der Waals surface area contributed by atoms with Crippen LogP contribution in [0.3, 0.4) is 0 Å². The lowest BCUT2D eigenvalue weighted by molar-refractivity contribution is -0.138. The average Bonchev–Trinajstić information content (AvgIpc) is 2.75. The van der Waals surface area contributed by atoms with Gasteiger partial charge < -0.3 is 21.1 Å². The number of alkyl halides is 1. The Labute approximate surface area is 193 Å². The summed E-state index contributed by atoms with van der Waals surface area (Å²) < 4.78 is 0. The van der Waals surface area contributed by atoms with Crippen molar-refractivity contribution in [2.24, 2.45) is 5.92 Å². The van der Waals surface area contributed by atoms with E-state index in [1.54, 1.807) is 18.5 Å².